The van der Waals surface area contributed by atoms with Crippen LogP contribution in [0.4, 0.5) is 10.3 Å². The van der Waals surface area contributed by atoms with Crippen LogP contribution in [0.2, 0.25) is 0 Å². The monoisotopic (exact) mass is 219 g/mol. The lowest BCUT2D eigenvalue weighted by Gasteiger charge is -2.05. The minimum absolute atomic E-state index is 0.267. The summed E-state index contributed by atoms with van der Waals surface area (Å²) in [5, 5.41) is 0. The zero-order chi connectivity index (χ0) is 11.7. The summed E-state index contributed by atoms with van der Waals surface area (Å²) in [5.41, 5.74) is 8.04. The molecule has 0 aliphatic heterocycles. The van der Waals surface area contributed by atoms with Crippen LogP contribution in [0, 0.1) is 5.82 Å². The highest BCUT2D eigenvalue weighted by atomic mass is 19.1. The second kappa shape index (κ2) is 3.96. The molecule has 1 heterocycles. The molecule has 2 rings (SSSR count). The van der Waals surface area contributed by atoms with Crippen molar-refractivity contribution in [2.24, 2.45) is 0 Å². The molecule has 3 nitrogen and oxygen atoms in total. The summed E-state index contributed by atoms with van der Waals surface area (Å²) in [5.74, 6) is 0.361. The average molecular weight is 219 g/mol. The Labute approximate surface area is 93.5 Å². The van der Waals surface area contributed by atoms with Crippen LogP contribution < -0.4 is 5.73 Å². The minimum Gasteiger partial charge on any atom is -0.369 e. The van der Waals surface area contributed by atoms with Crippen molar-refractivity contribution in [3.8, 4) is 11.3 Å². The van der Waals surface area contributed by atoms with E-state index in [4.69, 9.17) is 5.73 Å². The van der Waals surface area contributed by atoms with Crippen LogP contribution in [-0.2, 0) is 0 Å². The van der Waals surface area contributed by atoms with Crippen molar-refractivity contribution in [2.45, 2.75) is 19.8 Å². The van der Waals surface area contributed by atoms with Crippen molar-refractivity contribution < 1.29 is 4.39 Å². The van der Waals surface area contributed by atoms with Gasteiger partial charge in [-0.1, -0.05) is 26.0 Å². The molecular weight excluding hydrogens is 205 g/mol. The highest BCUT2D eigenvalue weighted by Crippen LogP contribution is 2.28. The Morgan fingerprint density at radius 3 is 2.75 bits per heavy atom. The summed E-state index contributed by atoms with van der Waals surface area (Å²) in [4.78, 5) is 7.21. The molecule has 84 valence electrons. The third kappa shape index (κ3) is 1.91. The van der Waals surface area contributed by atoms with Crippen molar-refractivity contribution in [3.05, 3.63) is 35.8 Å². The molecule has 0 aliphatic carbocycles. The predicted molar refractivity (Wildman–Crippen MR) is 62.5 cm³/mol. The quantitative estimate of drug-likeness (QED) is 0.815. The second-order valence-corrected chi connectivity index (χ2v) is 4.05. The number of aromatic nitrogens is 2. The molecule has 0 atom stereocenters. The molecule has 1 aromatic heterocycles. The van der Waals surface area contributed by atoms with E-state index in [-0.39, 0.29) is 11.7 Å². The van der Waals surface area contributed by atoms with E-state index >= 15 is 0 Å². The summed E-state index contributed by atoms with van der Waals surface area (Å²) >= 11 is 0. The fourth-order valence-corrected chi connectivity index (χ4v) is 1.68. The number of rotatable bonds is 2. The lowest BCUT2D eigenvalue weighted by atomic mass is 10.0. The van der Waals surface area contributed by atoms with Gasteiger partial charge >= 0.3 is 0 Å². The van der Waals surface area contributed by atoms with Gasteiger partial charge in [-0.05, 0) is 18.1 Å². The van der Waals surface area contributed by atoms with Gasteiger partial charge in [0.25, 0.3) is 0 Å². The van der Waals surface area contributed by atoms with Crippen LogP contribution in [0.3, 0.4) is 0 Å². The Hall–Kier alpha value is -1.84. The van der Waals surface area contributed by atoms with Gasteiger partial charge in [0.05, 0.1) is 5.69 Å². The highest BCUT2D eigenvalue weighted by Gasteiger charge is 2.13. The maximum absolute atomic E-state index is 13.1. The number of hydrogen-bond acceptors (Lipinski definition) is 2. The van der Waals surface area contributed by atoms with E-state index in [9.17, 15) is 4.39 Å². The first-order chi connectivity index (χ1) is 7.58. The topological polar surface area (TPSA) is 54.7 Å². The number of hydrogen-bond donors (Lipinski definition) is 2. The van der Waals surface area contributed by atoms with E-state index in [1.54, 1.807) is 6.07 Å². The zero-order valence-electron chi connectivity index (χ0n) is 9.29. The van der Waals surface area contributed by atoms with Crippen molar-refractivity contribution in [1.29, 1.82) is 0 Å². The first-order valence-corrected chi connectivity index (χ1v) is 5.19. The number of aromatic amines is 1. The Kier molecular flexibility index (Phi) is 2.64. The summed E-state index contributed by atoms with van der Waals surface area (Å²) in [6.45, 7) is 4.07. The number of H-pyrrole nitrogens is 1. The fraction of sp³-hybridized carbons (Fsp3) is 0.250. The highest BCUT2D eigenvalue weighted by molar-refractivity contribution is 5.64. The van der Waals surface area contributed by atoms with E-state index in [1.807, 2.05) is 19.9 Å². The molecular formula is C12H14FN3. The molecule has 0 spiro atoms. The molecule has 0 aliphatic rings. The van der Waals surface area contributed by atoms with Crippen molar-refractivity contribution in [3.63, 3.8) is 0 Å². The smallest absolute Gasteiger partial charge is 0.198 e. The van der Waals surface area contributed by atoms with Gasteiger partial charge in [0.15, 0.2) is 5.95 Å². The minimum atomic E-state index is -0.270. The number of nitrogen functional groups attached to an aromatic ring is 1. The van der Waals surface area contributed by atoms with Gasteiger partial charge in [0.1, 0.15) is 5.82 Å². The Morgan fingerprint density at radius 2 is 2.12 bits per heavy atom. The Balaban J connectivity index is 2.55. The van der Waals surface area contributed by atoms with Gasteiger partial charge in [-0.15, -0.1) is 0 Å². The third-order valence-electron chi connectivity index (χ3n) is 2.43. The Bertz CT molecular complexity index is 503. The maximum Gasteiger partial charge on any atom is 0.198 e. The number of nitrogens with one attached hydrogen (secondary N) is 1. The van der Waals surface area contributed by atoms with Crippen LogP contribution in [-0.4, -0.2) is 9.97 Å². The zero-order valence-corrected chi connectivity index (χ0v) is 9.29. The molecule has 0 unspecified atom stereocenters. The Morgan fingerprint density at radius 1 is 1.38 bits per heavy atom. The molecule has 0 saturated heterocycles. The normalized spacial score (nSPS) is 11.0. The van der Waals surface area contributed by atoms with Gasteiger partial charge in [-0.2, -0.15) is 0 Å². The summed E-state index contributed by atoms with van der Waals surface area (Å²) in [6.07, 6.45) is 0. The van der Waals surface area contributed by atoms with Crippen molar-refractivity contribution >= 4 is 5.95 Å². The number of halogens is 1. The maximum atomic E-state index is 13.1. The van der Waals surface area contributed by atoms with E-state index in [0.29, 0.717) is 5.95 Å². The molecule has 3 N–H and O–H groups in total. The van der Waals surface area contributed by atoms with Gasteiger partial charge in [0.2, 0.25) is 0 Å². The van der Waals surface area contributed by atoms with Gasteiger partial charge in [-0.3, -0.25) is 0 Å². The molecule has 0 radical (unpaired) electrons. The molecule has 0 saturated carbocycles. The van der Waals surface area contributed by atoms with Crippen molar-refractivity contribution in [2.75, 3.05) is 5.73 Å². The first-order valence-electron chi connectivity index (χ1n) is 5.19. The summed E-state index contributed by atoms with van der Waals surface area (Å²) < 4.78 is 13.1. The van der Waals surface area contributed by atoms with Crippen LogP contribution in [0.5, 0.6) is 0 Å². The molecule has 2 aromatic rings. The lowest BCUT2D eigenvalue weighted by Crippen LogP contribution is -1.92. The van der Waals surface area contributed by atoms with E-state index < -0.39 is 0 Å². The standard InChI is InChI=1S/C12H14FN3/c1-7(2)10-11(16-12(14)15-10)8-4-3-5-9(13)6-8/h3-7H,1-2H3,(H3,14,15,16). The van der Waals surface area contributed by atoms with Crippen molar-refractivity contribution in [1.82, 2.24) is 9.97 Å². The molecule has 4 heteroatoms. The second-order valence-electron chi connectivity index (χ2n) is 4.05. The average Bonchev–Trinajstić information content (AvgIpc) is 2.60. The van der Waals surface area contributed by atoms with E-state index in [1.165, 1.54) is 12.1 Å². The summed E-state index contributed by atoms with van der Waals surface area (Å²) in [7, 11) is 0. The van der Waals surface area contributed by atoms with Gasteiger partial charge < -0.3 is 10.7 Å². The van der Waals surface area contributed by atoms with Crippen LogP contribution in [0.15, 0.2) is 24.3 Å². The molecule has 0 amide bonds. The number of benzene rings is 1. The largest absolute Gasteiger partial charge is 0.369 e. The number of nitrogens with two attached hydrogens (primary N) is 1. The third-order valence-corrected chi connectivity index (χ3v) is 2.43. The molecule has 1 aromatic carbocycles. The fourth-order valence-electron chi connectivity index (χ4n) is 1.68. The van der Waals surface area contributed by atoms with Crippen LogP contribution in [0.25, 0.3) is 11.3 Å². The number of anilines is 1. The number of imidazole rings is 1. The van der Waals surface area contributed by atoms with Crippen LogP contribution in [0.1, 0.15) is 25.5 Å². The predicted octanol–water partition coefficient (Wildman–Crippen LogP) is 2.92. The SMILES string of the molecule is CC(C)c1[nH]c(N)nc1-c1cccc(F)c1. The van der Waals surface area contributed by atoms with E-state index in [0.717, 1.165) is 17.0 Å². The number of nitrogens with zero attached hydrogens (tertiary/aromatic N) is 1. The van der Waals surface area contributed by atoms with Crippen LogP contribution >= 0.6 is 0 Å². The van der Waals surface area contributed by atoms with Gasteiger partial charge in [-0.25, -0.2) is 9.37 Å². The molecule has 0 fully saturated rings. The van der Waals surface area contributed by atoms with E-state index in [2.05, 4.69) is 9.97 Å². The lowest BCUT2D eigenvalue weighted by molar-refractivity contribution is 0.628. The summed E-state index contributed by atoms with van der Waals surface area (Å²) in [6, 6.07) is 6.36. The van der Waals surface area contributed by atoms with Gasteiger partial charge in [0, 0.05) is 11.3 Å². The first kappa shape index (κ1) is 10.7. The molecule has 0 bridgehead atoms. The molecule has 16 heavy (non-hydrogen) atoms.